The number of hydrogen-bond acceptors (Lipinski definition) is 4. The molecule has 4 nitrogen and oxygen atoms in total. The van der Waals surface area contributed by atoms with Gasteiger partial charge >= 0.3 is 0 Å². The minimum atomic E-state index is -0.896. The summed E-state index contributed by atoms with van der Waals surface area (Å²) in [5.41, 5.74) is 2.43. The molecule has 1 aromatic rings. The summed E-state index contributed by atoms with van der Waals surface area (Å²) >= 11 is 0. The molecule has 1 saturated heterocycles. The molecule has 1 aliphatic rings. The molecule has 1 heterocycles. The molecule has 4 atom stereocenters. The van der Waals surface area contributed by atoms with Gasteiger partial charge in [-0.2, -0.15) is 0 Å². The van der Waals surface area contributed by atoms with Crippen molar-refractivity contribution in [3.05, 3.63) is 35.4 Å². The first-order valence-corrected chi connectivity index (χ1v) is 8.18. The highest BCUT2D eigenvalue weighted by Gasteiger charge is 2.48. The van der Waals surface area contributed by atoms with E-state index in [1.807, 2.05) is 18.7 Å². The average molecular weight is 307 g/mol. The van der Waals surface area contributed by atoms with Crippen LogP contribution in [-0.2, 0) is 6.54 Å². The van der Waals surface area contributed by atoms with Gasteiger partial charge in [0, 0.05) is 12.6 Å². The minimum absolute atomic E-state index is 0.142. The first-order valence-electron chi connectivity index (χ1n) is 8.18. The Balaban J connectivity index is 2.20. The summed E-state index contributed by atoms with van der Waals surface area (Å²) < 4.78 is 0. The molecule has 0 bridgehead atoms. The molecule has 1 fully saturated rings. The maximum Gasteiger partial charge on any atom is 0.0991 e. The van der Waals surface area contributed by atoms with Gasteiger partial charge in [-0.15, -0.1) is 0 Å². The summed E-state index contributed by atoms with van der Waals surface area (Å²) in [7, 11) is 0. The minimum Gasteiger partial charge on any atom is -0.395 e. The lowest BCUT2D eigenvalue weighted by molar-refractivity contribution is 0.0145. The Labute approximate surface area is 133 Å². The number of likely N-dealkylation sites (tertiary alicyclic amines) is 1. The zero-order chi connectivity index (χ0) is 16.4. The second kappa shape index (κ2) is 7.09. The molecule has 0 spiro atoms. The van der Waals surface area contributed by atoms with E-state index in [9.17, 15) is 15.3 Å². The SMILES string of the molecule is CC(C)c1ccc(CN2[C@H](CO)[C@@H](O)[C@@H](O)[C@@H]2C(C)C)cc1. The van der Waals surface area contributed by atoms with Crippen LogP contribution in [0.4, 0.5) is 0 Å². The predicted octanol–water partition coefficient (Wildman–Crippen LogP) is 1.73. The molecule has 2 rings (SSSR count). The summed E-state index contributed by atoms with van der Waals surface area (Å²) in [6.07, 6.45) is -1.71. The van der Waals surface area contributed by atoms with Crippen molar-refractivity contribution in [3.8, 4) is 0 Å². The Hall–Kier alpha value is -0.940. The second-order valence-electron chi connectivity index (χ2n) is 7.03. The van der Waals surface area contributed by atoms with Crippen LogP contribution in [-0.4, -0.2) is 51.1 Å². The standard InChI is InChI=1S/C18H29NO3/c1-11(2)14-7-5-13(6-8-14)9-19-15(10-20)17(21)18(22)16(19)12(3)4/h5-8,11-12,15-18,20-22H,9-10H2,1-4H3/t15-,16+,17-,18+/m1/s1. The van der Waals surface area contributed by atoms with Crippen molar-refractivity contribution in [1.82, 2.24) is 4.90 Å². The average Bonchev–Trinajstić information content (AvgIpc) is 2.70. The van der Waals surface area contributed by atoms with Gasteiger partial charge in [0.2, 0.25) is 0 Å². The van der Waals surface area contributed by atoms with Crippen molar-refractivity contribution in [2.45, 2.75) is 64.4 Å². The van der Waals surface area contributed by atoms with Crippen molar-refractivity contribution < 1.29 is 15.3 Å². The van der Waals surface area contributed by atoms with Crippen molar-refractivity contribution in [2.75, 3.05) is 6.61 Å². The van der Waals surface area contributed by atoms with Gasteiger partial charge in [-0.05, 0) is 23.0 Å². The van der Waals surface area contributed by atoms with E-state index in [2.05, 4.69) is 38.1 Å². The molecule has 0 unspecified atom stereocenters. The molecule has 3 N–H and O–H groups in total. The van der Waals surface area contributed by atoms with Gasteiger partial charge in [0.05, 0.1) is 24.9 Å². The van der Waals surface area contributed by atoms with E-state index < -0.39 is 18.2 Å². The topological polar surface area (TPSA) is 63.9 Å². The van der Waals surface area contributed by atoms with Gasteiger partial charge in [0.1, 0.15) is 0 Å². The number of aliphatic hydroxyl groups is 3. The molecular weight excluding hydrogens is 278 g/mol. The largest absolute Gasteiger partial charge is 0.395 e. The number of hydrogen-bond donors (Lipinski definition) is 3. The van der Waals surface area contributed by atoms with E-state index in [1.165, 1.54) is 5.56 Å². The molecule has 22 heavy (non-hydrogen) atoms. The Morgan fingerprint density at radius 1 is 1.00 bits per heavy atom. The summed E-state index contributed by atoms with van der Waals surface area (Å²) in [5.74, 6) is 0.703. The van der Waals surface area contributed by atoms with Crippen LogP contribution in [0.15, 0.2) is 24.3 Å². The third kappa shape index (κ3) is 3.35. The monoisotopic (exact) mass is 307 g/mol. The lowest BCUT2D eigenvalue weighted by atomic mass is 9.97. The summed E-state index contributed by atoms with van der Waals surface area (Å²) in [6, 6.07) is 7.89. The third-order valence-corrected chi connectivity index (χ3v) is 4.78. The number of rotatable bonds is 5. The normalized spacial score (nSPS) is 29.7. The van der Waals surface area contributed by atoms with E-state index in [-0.39, 0.29) is 18.6 Å². The lowest BCUT2D eigenvalue weighted by Crippen LogP contribution is -2.43. The fourth-order valence-electron chi connectivity index (χ4n) is 3.47. The van der Waals surface area contributed by atoms with Crippen LogP contribution in [0.1, 0.15) is 44.7 Å². The van der Waals surface area contributed by atoms with Crippen LogP contribution < -0.4 is 0 Å². The van der Waals surface area contributed by atoms with E-state index in [1.54, 1.807) is 0 Å². The van der Waals surface area contributed by atoms with Crippen molar-refractivity contribution in [1.29, 1.82) is 0 Å². The lowest BCUT2D eigenvalue weighted by Gasteiger charge is -2.32. The van der Waals surface area contributed by atoms with Gasteiger partial charge < -0.3 is 15.3 Å². The first-order chi connectivity index (χ1) is 10.4. The Kier molecular flexibility index (Phi) is 5.61. The second-order valence-corrected chi connectivity index (χ2v) is 7.03. The molecule has 0 aromatic heterocycles. The smallest absolute Gasteiger partial charge is 0.0991 e. The molecule has 1 aromatic carbocycles. The van der Waals surface area contributed by atoms with Gasteiger partial charge in [-0.3, -0.25) is 4.90 Å². The predicted molar refractivity (Wildman–Crippen MR) is 87.6 cm³/mol. The quantitative estimate of drug-likeness (QED) is 0.775. The summed E-state index contributed by atoms with van der Waals surface area (Å²) in [5, 5.41) is 30.1. The van der Waals surface area contributed by atoms with E-state index >= 15 is 0 Å². The van der Waals surface area contributed by atoms with Crippen molar-refractivity contribution in [3.63, 3.8) is 0 Å². The Morgan fingerprint density at radius 3 is 2.05 bits per heavy atom. The van der Waals surface area contributed by atoms with Crippen LogP contribution in [0.25, 0.3) is 0 Å². The molecule has 1 aliphatic heterocycles. The molecule has 0 aliphatic carbocycles. The maximum absolute atomic E-state index is 10.3. The van der Waals surface area contributed by atoms with Gasteiger partial charge in [0.25, 0.3) is 0 Å². The van der Waals surface area contributed by atoms with Gasteiger partial charge in [0.15, 0.2) is 0 Å². The molecular formula is C18H29NO3. The van der Waals surface area contributed by atoms with Crippen LogP contribution in [0, 0.1) is 5.92 Å². The fraction of sp³-hybridized carbons (Fsp3) is 0.667. The molecule has 0 saturated carbocycles. The van der Waals surface area contributed by atoms with Gasteiger partial charge in [-0.25, -0.2) is 0 Å². The zero-order valence-electron chi connectivity index (χ0n) is 14.0. The number of aliphatic hydroxyl groups excluding tert-OH is 3. The number of benzene rings is 1. The van der Waals surface area contributed by atoms with E-state index in [0.29, 0.717) is 12.5 Å². The first kappa shape index (κ1) is 17.4. The summed E-state index contributed by atoms with van der Waals surface area (Å²) in [4.78, 5) is 2.05. The Bertz CT molecular complexity index is 472. The van der Waals surface area contributed by atoms with Gasteiger partial charge in [-0.1, -0.05) is 52.0 Å². The zero-order valence-corrected chi connectivity index (χ0v) is 14.0. The van der Waals surface area contributed by atoms with Crippen molar-refractivity contribution >= 4 is 0 Å². The Morgan fingerprint density at radius 2 is 1.59 bits per heavy atom. The van der Waals surface area contributed by atoms with Crippen LogP contribution in [0.3, 0.4) is 0 Å². The molecule has 0 amide bonds. The maximum atomic E-state index is 10.3. The third-order valence-electron chi connectivity index (χ3n) is 4.78. The summed E-state index contributed by atoms with van der Waals surface area (Å²) in [6.45, 7) is 8.88. The molecule has 124 valence electrons. The molecule has 4 heteroatoms. The van der Waals surface area contributed by atoms with E-state index in [0.717, 1.165) is 5.56 Å². The van der Waals surface area contributed by atoms with E-state index in [4.69, 9.17) is 0 Å². The fourth-order valence-corrected chi connectivity index (χ4v) is 3.47. The van der Waals surface area contributed by atoms with Crippen LogP contribution in [0.5, 0.6) is 0 Å². The van der Waals surface area contributed by atoms with Crippen molar-refractivity contribution in [2.24, 2.45) is 5.92 Å². The highest BCUT2D eigenvalue weighted by molar-refractivity contribution is 5.25. The molecule has 0 radical (unpaired) electrons. The highest BCUT2D eigenvalue weighted by Crippen LogP contribution is 2.31. The number of nitrogens with zero attached hydrogens (tertiary/aromatic N) is 1. The van der Waals surface area contributed by atoms with Crippen LogP contribution >= 0.6 is 0 Å². The van der Waals surface area contributed by atoms with Crippen LogP contribution in [0.2, 0.25) is 0 Å². The highest BCUT2D eigenvalue weighted by atomic mass is 16.3.